The summed E-state index contributed by atoms with van der Waals surface area (Å²) >= 11 is 0. The van der Waals surface area contributed by atoms with Crippen molar-refractivity contribution in [2.45, 2.75) is 20.0 Å². The molecule has 1 aromatic rings. The van der Waals surface area contributed by atoms with Gasteiger partial charge in [-0.05, 0) is 37.6 Å². The largest absolute Gasteiger partial charge is 0.454 e. The fourth-order valence-corrected chi connectivity index (χ4v) is 1.77. The predicted octanol–water partition coefficient (Wildman–Crippen LogP) is 1.50. The first-order chi connectivity index (χ1) is 10.1. The minimum atomic E-state index is -0.821. The minimum absolute atomic E-state index is 0.203. The lowest BCUT2D eigenvalue weighted by Crippen LogP contribution is -2.35. The Bertz CT molecular complexity index is 567. The molecular weight excluding hydrogens is 274 g/mol. The van der Waals surface area contributed by atoms with Crippen LogP contribution >= 0.6 is 0 Å². The molecule has 1 aromatic carbocycles. The molecule has 1 heterocycles. The molecule has 2 rings (SSSR count). The molecule has 0 unspecified atom stereocenters. The maximum Gasteiger partial charge on any atom is 0.331 e. The van der Waals surface area contributed by atoms with Gasteiger partial charge in [-0.1, -0.05) is 6.07 Å². The van der Waals surface area contributed by atoms with E-state index in [1.807, 2.05) is 0 Å². The monoisotopic (exact) mass is 291 g/mol. The lowest BCUT2D eigenvalue weighted by molar-refractivity contribution is -0.150. The highest BCUT2D eigenvalue weighted by molar-refractivity contribution is 5.90. The summed E-state index contributed by atoms with van der Waals surface area (Å²) in [5, 5.41) is 2.58. The predicted molar refractivity (Wildman–Crippen MR) is 75.8 cm³/mol. The van der Waals surface area contributed by atoms with Gasteiger partial charge in [0.1, 0.15) is 0 Å². The number of carbonyl (C=O) groups excluding carboxylic acids is 2. The molecule has 1 amide bonds. The molecule has 21 heavy (non-hydrogen) atoms. The molecule has 0 aliphatic carbocycles. The van der Waals surface area contributed by atoms with Crippen LogP contribution in [0.3, 0.4) is 0 Å². The van der Waals surface area contributed by atoms with Gasteiger partial charge in [-0.25, -0.2) is 4.79 Å². The molecule has 6 heteroatoms. The Morgan fingerprint density at radius 1 is 1.38 bits per heavy atom. The van der Waals surface area contributed by atoms with Gasteiger partial charge in [-0.15, -0.1) is 0 Å². The molecule has 0 fully saturated rings. The number of likely N-dealkylation sites (N-methyl/N-ethyl adjacent to an activating group) is 1. The Hall–Kier alpha value is -2.50. The van der Waals surface area contributed by atoms with Crippen LogP contribution in [0.1, 0.15) is 19.4 Å². The molecule has 0 bridgehead atoms. The molecule has 0 saturated carbocycles. The third kappa shape index (κ3) is 3.98. The molecule has 1 N–H and O–H groups in total. The molecule has 1 atom stereocenters. The Morgan fingerprint density at radius 2 is 2.14 bits per heavy atom. The molecule has 1 aliphatic rings. The van der Waals surface area contributed by atoms with Crippen LogP contribution in [0.15, 0.2) is 24.3 Å². The van der Waals surface area contributed by atoms with Gasteiger partial charge in [-0.2, -0.15) is 0 Å². The zero-order valence-corrected chi connectivity index (χ0v) is 11.9. The maximum absolute atomic E-state index is 11.6. The van der Waals surface area contributed by atoms with Crippen molar-refractivity contribution in [3.8, 4) is 11.5 Å². The van der Waals surface area contributed by atoms with Crippen molar-refractivity contribution in [1.82, 2.24) is 5.32 Å². The third-order valence-electron chi connectivity index (χ3n) is 2.82. The number of esters is 1. The Balaban J connectivity index is 1.91. The normalized spacial score (nSPS) is 14.0. The first-order valence-electron chi connectivity index (χ1n) is 6.66. The number of benzene rings is 1. The second-order valence-corrected chi connectivity index (χ2v) is 4.42. The van der Waals surface area contributed by atoms with Crippen molar-refractivity contribution in [3.05, 3.63) is 29.8 Å². The van der Waals surface area contributed by atoms with E-state index in [2.05, 4.69) is 5.32 Å². The quantitative estimate of drug-likeness (QED) is 0.657. The smallest absolute Gasteiger partial charge is 0.331 e. The number of hydrogen-bond donors (Lipinski definition) is 1. The number of amides is 1. The van der Waals surface area contributed by atoms with Crippen LogP contribution in [0.2, 0.25) is 0 Å². The Morgan fingerprint density at radius 3 is 2.90 bits per heavy atom. The summed E-state index contributed by atoms with van der Waals surface area (Å²) in [5.41, 5.74) is 0.780. The standard InChI is InChI=1S/C15H17NO5/c1-3-16-15(18)10(2)21-14(17)7-5-11-4-6-12-13(8-11)20-9-19-12/h4-8,10H,3,9H2,1-2H3,(H,16,18)/b7-5+/t10-/m0/s1. The SMILES string of the molecule is CCNC(=O)[C@H](C)OC(=O)/C=C/c1ccc2c(c1)OCO2. The van der Waals surface area contributed by atoms with Gasteiger partial charge in [0.05, 0.1) is 0 Å². The summed E-state index contributed by atoms with van der Waals surface area (Å²) in [5.74, 6) is 0.426. The van der Waals surface area contributed by atoms with Crippen LogP contribution in [0.25, 0.3) is 6.08 Å². The van der Waals surface area contributed by atoms with Gasteiger partial charge in [0.2, 0.25) is 6.79 Å². The van der Waals surface area contributed by atoms with E-state index in [1.54, 1.807) is 31.2 Å². The van der Waals surface area contributed by atoms with E-state index in [0.717, 1.165) is 5.56 Å². The summed E-state index contributed by atoms with van der Waals surface area (Å²) in [6.45, 7) is 4.02. The number of nitrogens with one attached hydrogen (secondary N) is 1. The van der Waals surface area contributed by atoms with E-state index in [9.17, 15) is 9.59 Å². The van der Waals surface area contributed by atoms with Crippen molar-refractivity contribution in [2.24, 2.45) is 0 Å². The second kappa shape index (κ2) is 6.78. The molecule has 6 nitrogen and oxygen atoms in total. The second-order valence-electron chi connectivity index (χ2n) is 4.42. The highest BCUT2D eigenvalue weighted by Crippen LogP contribution is 2.32. The van der Waals surface area contributed by atoms with Crippen molar-refractivity contribution >= 4 is 18.0 Å². The summed E-state index contributed by atoms with van der Waals surface area (Å²) < 4.78 is 15.4. The number of carbonyl (C=O) groups is 2. The highest BCUT2D eigenvalue weighted by Gasteiger charge is 2.15. The average Bonchev–Trinajstić information content (AvgIpc) is 2.92. The van der Waals surface area contributed by atoms with Crippen molar-refractivity contribution in [1.29, 1.82) is 0 Å². The first kappa shape index (κ1) is 14.9. The molecular formula is C15H17NO5. The van der Waals surface area contributed by atoms with Crippen LogP contribution < -0.4 is 14.8 Å². The summed E-state index contributed by atoms with van der Waals surface area (Å²) in [4.78, 5) is 23.1. The zero-order valence-electron chi connectivity index (χ0n) is 11.9. The first-order valence-corrected chi connectivity index (χ1v) is 6.66. The minimum Gasteiger partial charge on any atom is -0.454 e. The summed E-state index contributed by atoms with van der Waals surface area (Å²) in [6, 6.07) is 5.33. The van der Waals surface area contributed by atoms with Gasteiger partial charge in [-0.3, -0.25) is 4.79 Å². The van der Waals surface area contributed by atoms with Crippen LogP contribution in [0, 0.1) is 0 Å². The zero-order chi connectivity index (χ0) is 15.2. The van der Waals surface area contributed by atoms with E-state index < -0.39 is 12.1 Å². The van der Waals surface area contributed by atoms with Crippen LogP contribution in [0.4, 0.5) is 0 Å². The van der Waals surface area contributed by atoms with Crippen molar-refractivity contribution < 1.29 is 23.8 Å². The molecule has 0 spiro atoms. The van der Waals surface area contributed by atoms with Crippen LogP contribution in [-0.4, -0.2) is 31.3 Å². The summed E-state index contributed by atoms with van der Waals surface area (Å²) in [7, 11) is 0. The van der Waals surface area contributed by atoms with E-state index in [0.29, 0.717) is 18.0 Å². The Kier molecular flexibility index (Phi) is 4.81. The summed E-state index contributed by atoms with van der Waals surface area (Å²) in [6.07, 6.45) is 2.04. The van der Waals surface area contributed by atoms with Crippen molar-refractivity contribution in [2.75, 3.05) is 13.3 Å². The van der Waals surface area contributed by atoms with E-state index in [4.69, 9.17) is 14.2 Å². The van der Waals surface area contributed by atoms with E-state index in [-0.39, 0.29) is 12.7 Å². The third-order valence-corrected chi connectivity index (χ3v) is 2.82. The molecule has 1 aliphatic heterocycles. The van der Waals surface area contributed by atoms with Gasteiger partial charge in [0.15, 0.2) is 17.6 Å². The highest BCUT2D eigenvalue weighted by atomic mass is 16.7. The number of rotatable bonds is 5. The van der Waals surface area contributed by atoms with Crippen molar-refractivity contribution in [3.63, 3.8) is 0 Å². The molecule has 0 aromatic heterocycles. The fraction of sp³-hybridized carbons (Fsp3) is 0.333. The van der Waals surface area contributed by atoms with Gasteiger partial charge in [0.25, 0.3) is 5.91 Å². The maximum atomic E-state index is 11.6. The van der Waals surface area contributed by atoms with Crippen LogP contribution in [0.5, 0.6) is 11.5 Å². The lowest BCUT2D eigenvalue weighted by Gasteiger charge is -2.10. The van der Waals surface area contributed by atoms with Crippen LogP contribution in [-0.2, 0) is 14.3 Å². The Labute approximate surface area is 122 Å². The molecule has 0 saturated heterocycles. The number of fused-ring (bicyclic) bond motifs is 1. The number of hydrogen-bond acceptors (Lipinski definition) is 5. The lowest BCUT2D eigenvalue weighted by atomic mass is 10.2. The molecule has 112 valence electrons. The molecule has 0 radical (unpaired) electrons. The van der Waals surface area contributed by atoms with E-state index >= 15 is 0 Å². The van der Waals surface area contributed by atoms with Gasteiger partial charge < -0.3 is 19.5 Å². The average molecular weight is 291 g/mol. The topological polar surface area (TPSA) is 73.9 Å². The fourth-order valence-electron chi connectivity index (χ4n) is 1.77. The number of ether oxygens (including phenoxy) is 3. The van der Waals surface area contributed by atoms with Gasteiger partial charge >= 0.3 is 5.97 Å². The van der Waals surface area contributed by atoms with E-state index in [1.165, 1.54) is 13.0 Å². The van der Waals surface area contributed by atoms with Gasteiger partial charge in [0, 0.05) is 12.6 Å².